The molecule has 0 radical (unpaired) electrons. The van der Waals surface area contributed by atoms with Gasteiger partial charge in [-0.2, -0.15) is 0 Å². The van der Waals surface area contributed by atoms with Crippen molar-refractivity contribution in [3.8, 4) is 0 Å². The fourth-order valence-electron chi connectivity index (χ4n) is 1.27. The predicted molar refractivity (Wildman–Crippen MR) is 58.9 cm³/mol. The van der Waals surface area contributed by atoms with Crippen LogP contribution in [0.3, 0.4) is 0 Å². The van der Waals surface area contributed by atoms with Gasteiger partial charge in [-0.1, -0.05) is 25.3 Å². The van der Waals surface area contributed by atoms with Gasteiger partial charge >= 0.3 is 0 Å². The van der Waals surface area contributed by atoms with Crippen molar-refractivity contribution in [2.45, 2.75) is 51.9 Å². The van der Waals surface area contributed by atoms with E-state index in [0.29, 0.717) is 5.76 Å². The Bertz CT molecular complexity index is 147. The van der Waals surface area contributed by atoms with Gasteiger partial charge in [0.15, 0.2) is 0 Å². The summed E-state index contributed by atoms with van der Waals surface area (Å²) >= 11 is 0. The Morgan fingerprint density at radius 3 is 2.38 bits per heavy atom. The molecule has 0 aromatic heterocycles. The molecule has 1 heteroatoms. The highest BCUT2D eigenvalue weighted by molar-refractivity contribution is 4.86. The van der Waals surface area contributed by atoms with Crippen molar-refractivity contribution in [1.29, 1.82) is 0 Å². The van der Waals surface area contributed by atoms with E-state index in [9.17, 15) is 0 Å². The number of aliphatic hydroxyl groups excluding tert-OH is 1. The third-order valence-electron chi connectivity index (χ3n) is 2.17. The van der Waals surface area contributed by atoms with E-state index in [4.69, 9.17) is 5.11 Å². The Balaban J connectivity index is 3.04. The zero-order valence-electron chi connectivity index (χ0n) is 8.76. The first-order valence-electron chi connectivity index (χ1n) is 5.26. The third-order valence-corrected chi connectivity index (χ3v) is 2.17. The summed E-state index contributed by atoms with van der Waals surface area (Å²) in [7, 11) is 0. The minimum Gasteiger partial charge on any atom is -0.513 e. The molecule has 76 valence electrons. The van der Waals surface area contributed by atoms with Crippen LogP contribution in [0, 0.1) is 0 Å². The lowest BCUT2D eigenvalue weighted by Crippen LogP contribution is -1.83. The highest BCUT2D eigenvalue weighted by Crippen LogP contribution is 2.09. The molecule has 0 aliphatic carbocycles. The molecule has 1 N–H and O–H groups in total. The maximum absolute atomic E-state index is 9.15. The number of rotatable bonds is 8. The summed E-state index contributed by atoms with van der Waals surface area (Å²) in [4.78, 5) is 0. The van der Waals surface area contributed by atoms with Crippen LogP contribution in [0.5, 0.6) is 0 Å². The first-order chi connectivity index (χ1) is 6.31. The molecule has 0 fully saturated rings. The average molecular weight is 182 g/mol. The fraction of sp³-hybridized carbons (Fsp3) is 0.667. The molecule has 0 amide bonds. The van der Waals surface area contributed by atoms with Crippen molar-refractivity contribution in [2.75, 3.05) is 0 Å². The maximum Gasteiger partial charge on any atom is 0.0880 e. The second-order valence-electron chi connectivity index (χ2n) is 3.38. The smallest absolute Gasteiger partial charge is 0.0880 e. The molecule has 0 rings (SSSR count). The number of hydrogen-bond acceptors (Lipinski definition) is 1. The molecule has 0 aliphatic heterocycles. The van der Waals surface area contributed by atoms with Gasteiger partial charge in [0.1, 0.15) is 0 Å². The lowest BCUT2D eigenvalue weighted by Gasteiger charge is -2.00. The monoisotopic (exact) mass is 182 g/mol. The molecule has 0 saturated carbocycles. The summed E-state index contributed by atoms with van der Waals surface area (Å²) in [5.74, 6) is 0.533. The summed E-state index contributed by atoms with van der Waals surface area (Å²) in [5.41, 5.74) is 0. The zero-order valence-corrected chi connectivity index (χ0v) is 8.76. The SMILES string of the molecule is C=CCCCCCCC/C(O)=C\C. The van der Waals surface area contributed by atoms with Gasteiger partial charge in [-0.05, 0) is 32.3 Å². The highest BCUT2D eigenvalue weighted by Gasteiger charge is 1.92. The lowest BCUT2D eigenvalue weighted by atomic mass is 10.1. The molecule has 1 nitrogen and oxygen atoms in total. The van der Waals surface area contributed by atoms with E-state index < -0.39 is 0 Å². The third kappa shape index (κ3) is 9.19. The molecule has 0 saturated heterocycles. The van der Waals surface area contributed by atoms with Gasteiger partial charge in [-0.3, -0.25) is 0 Å². The predicted octanol–water partition coefficient (Wildman–Crippen LogP) is 4.36. The number of hydrogen-bond donors (Lipinski definition) is 1. The van der Waals surface area contributed by atoms with Crippen LogP contribution in [0.25, 0.3) is 0 Å². The summed E-state index contributed by atoms with van der Waals surface area (Å²) in [6.07, 6.45) is 11.9. The molecule has 0 bridgehead atoms. The Morgan fingerprint density at radius 2 is 1.77 bits per heavy atom. The van der Waals surface area contributed by atoms with Gasteiger partial charge < -0.3 is 5.11 Å². The normalized spacial score (nSPS) is 11.6. The van der Waals surface area contributed by atoms with Crippen LogP contribution in [0.4, 0.5) is 0 Å². The van der Waals surface area contributed by atoms with Gasteiger partial charge in [0.05, 0.1) is 5.76 Å². The van der Waals surface area contributed by atoms with Crippen LogP contribution >= 0.6 is 0 Å². The van der Waals surface area contributed by atoms with E-state index in [-0.39, 0.29) is 0 Å². The first-order valence-corrected chi connectivity index (χ1v) is 5.26. The van der Waals surface area contributed by atoms with E-state index in [1.54, 1.807) is 6.08 Å². The quantitative estimate of drug-likeness (QED) is 0.336. The van der Waals surface area contributed by atoms with Gasteiger partial charge in [0.2, 0.25) is 0 Å². The summed E-state index contributed by atoms with van der Waals surface area (Å²) in [5, 5.41) is 9.15. The molecule has 0 spiro atoms. The van der Waals surface area contributed by atoms with E-state index >= 15 is 0 Å². The van der Waals surface area contributed by atoms with Crippen molar-refractivity contribution < 1.29 is 5.11 Å². The summed E-state index contributed by atoms with van der Waals surface area (Å²) in [6, 6.07) is 0. The van der Waals surface area contributed by atoms with Crippen molar-refractivity contribution in [2.24, 2.45) is 0 Å². The minimum atomic E-state index is 0.533. The Morgan fingerprint density at radius 1 is 1.15 bits per heavy atom. The second-order valence-corrected chi connectivity index (χ2v) is 3.38. The Kier molecular flexibility index (Phi) is 8.85. The first kappa shape index (κ1) is 12.3. The van der Waals surface area contributed by atoms with Crippen LogP contribution in [-0.2, 0) is 0 Å². The molecule has 0 heterocycles. The second kappa shape index (κ2) is 9.37. The number of allylic oxidation sites excluding steroid dienone is 3. The number of unbranched alkanes of at least 4 members (excludes halogenated alkanes) is 5. The molecule has 0 atom stereocenters. The molecular weight excluding hydrogens is 160 g/mol. The molecule has 0 aliphatic rings. The topological polar surface area (TPSA) is 20.2 Å². The molecule has 0 unspecified atom stereocenters. The Labute approximate surface area is 82.2 Å². The maximum atomic E-state index is 9.15. The van der Waals surface area contributed by atoms with Crippen molar-refractivity contribution in [1.82, 2.24) is 0 Å². The molecule has 13 heavy (non-hydrogen) atoms. The van der Waals surface area contributed by atoms with Crippen LogP contribution in [-0.4, -0.2) is 5.11 Å². The summed E-state index contributed by atoms with van der Waals surface area (Å²) < 4.78 is 0. The van der Waals surface area contributed by atoms with Crippen molar-refractivity contribution in [3.05, 3.63) is 24.5 Å². The van der Waals surface area contributed by atoms with Gasteiger partial charge in [0.25, 0.3) is 0 Å². The van der Waals surface area contributed by atoms with E-state index in [2.05, 4.69) is 6.58 Å². The van der Waals surface area contributed by atoms with Gasteiger partial charge in [-0.15, -0.1) is 6.58 Å². The van der Waals surface area contributed by atoms with E-state index in [1.165, 1.54) is 25.7 Å². The van der Waals surface area contributed by atoms with Crippen LogP contribution in [0.2, 0.25) is 0 Å². The highest BCUT2D eigenvalue weighted by atomic mass is 16.3. The van der Waals surface area contributed by atoms with Gasteiger partial charge in [-0.25, -0.2) is 0 Å². The number of aliphatic hydroxyl groups is 1. The van der Waals surface area contributed by atoms with Crippen LogP contribution in [0.1, 0.15) is 51.9 Å². The van der Waals surface area contributed by atoms with E-state index in [1.807, 2.05) is 13.0 Å². The lowest BCUT2D eigenvalue weighted by molar-refractivity contribution is 0.379. The van der Waals surface area contributed by atoms with Crippen molar-refractivity contribution in [3.63, 3.8) is 0 Å². The largest absolute Gasteiger partial charge is 0.513 e. The Hall–Kier alpha value is -0.720. The van der Waals surface area contributed by atoms with Crippen LogP contribution < -0.4 is 0 Å². The van der Waals surface area contributed by atoms with Crippen molar-refractivity contribution >= 4 is 0 Å². The average Bonchev–Trinajstić information content (AvgIpc) is 2.16. The summed E-state index contributed by atoms with van der Waals surface area (Å²) in [6.45, 7) is 5.56. The molecular formula is C12H22O. The minimum absolute atomic E-state index is 0.533. The molecule has 0 aromatic carbocycles. The van der Waals surface area contributed by atoms with Crippen LogP contribution in [0.15, 0.2) is 24.5 Å². The zero-order chi connectivity index (χ0) is 9.94. The molecule has 0 aromatic rings. The standard InChI is InChI=1S/C12H22O/c1-3-5-6-7-8-9-10-11-12(13)4-2/h3-4,13H,1,5-11H2,2H3/b12-4+. The van der Waals surface area contributed by atoms with Gasteiger partial charge in [0, 0.05) is 6.42 Å². The fourth-order valence-corrected chi connectivity index (χ4v) is 1.27. The van der Waals surface area contributed by atoms with E-state index in [0.717, 1.165) is 19.3 Å².